The van der Waals surface area contributed by atoms with Gasteiger partial charge in [-0.05, 0) is 43.2 Å². The van der Waals surface area contributed by atoms with Crippen LogP contribution in [0, 0.1) is 0 Å². The summed E-state index contributed by atoms with van der Waals surface area (Å²) < 4.78 is 1.76. The normalized spacial score (nSPS) is 13.9. The van der Waals surface area contributed by atoms with Crippen molar-refractivity contribution in [3.8, 4) is 0 Å². The van der Waals surface area contributed by atoms with E-state index in [1.54, 1.807) is 34.9 Å². The molecule has 1 amide bonds. The van der Waals surface area contributed by atoms with Crippen molar-refractivity contribution in [2.45, 2.75) is 32.2 Å². The molecule has 6 nitrogen and oxygen atoms in total. The van der Waals surface area contributed by atoms with E-state index in [-0.39, 0.29) is 22.2 Å². The molecule has 0 radical (unpaired) electrons. The smallest absolute Gasteiger partial charge is 0.261 e. The van der Waals surface area contributed by atoms with Crippen LogP contribution < -0.4 is 10.9 Å². The van der Waals surface area contributed by atoms with Crippen molar-refractivity contribution in [2.24, 2.45) is 0 Å². The zero-order valence-electron chi connectivity index (χ0n) is 14.0. The highest BCUT2D eigenvalue weighted by molar-refractivity contribution is 6.33. The summed E-state index contributed by atoms with van der Waals surface area (Å²) in [4.78, 5) is 33.8. The van der Waals surface area contributed by atoms with E-state index in [0.29, 0.717) is 23.1 Å². The molecule has 7 heteroatoms. The average molecular weight is 369 g/mol. The minimum Gasteiger partial charge on any atom is -0.322 e. The zero-order chi connectivity index (χ0) is 18.1. The van der Waals surface area contributed by atoms with Crippen LogP contribution in [-0.4, -0.2) is 20.4 Å². The fourth-order valence-corrected chi connectivity index (χ4v) is 3.45. The molecule has 26 heavy (non-hydrogen) atoms. The fourth-order valence-electron chi connectivity index (χ4n) is 3.25. The summed E-state index contributed by atoms with van der Waals surface area (Å²) in [6.07, 6.45) is 5.48. The molecule has 1 N–H and O–H groups in total. The highest BCUT2D eigenvalue weighted by Gasteiger charge is 2.15. The molecule has 0 unspecified atom stereocenters. The van der Waals surface area contributed by atoms with Gasteiger partial charge in [-0.15, -0.1) is 0 Å². The second kappa shape index (κ2) is 6.88. The maximum Gasteiger partial charge on any atom is 0.261 e. The number of hydrogen-bond donors (Lipinski definition) is 1. The van der Waals surface area contributed by atoms with E-state index >= 15 is 0 Å². The quantitative estimate of drug-likeness (QED) is 0.703. The first-order valence-electron chi connectivity index (χ1n) is 8.59. The summed E-state index contributed by atoms with van der Waals surface area (Å²) in [6, 6.07) is 8.42. The van der Waals surface area contributed by atoms with Gasteiger partial charge in [-0.1, -0.05) is 18.0 Å². The molecule has 3 heterocycles. The van der Waals surface area contributed by atoms with Crippen molar-refractivity contribution < 1.29 is 4.79 Å². The van der Waals surface area contributed by atoms with E-state index in [1.165, 1.54) is 6.20 Å². The maximum absolute atomic E-state index is 12.9. The second-order valence-electron chi connectivity index (χ2n) is 6.32. The third-order valence-corrected chi connectivity index (χ3v) is 4.88. The molecule has 0 saturated heterocycles. The monoisotopic (exact) mass is 368 g/mol. The zero-order valence-corrected chi connectivity index (χ0v) is 14.8. The van der Waals surface area contributed by atoms with E-state index in [0.717, 1.165) is 31.5 Å². The summed E-state index contributed by atoms with van der Waals surface area (Å²) in [5.41, 5.74) is 1.41. The molecule has 0 fully saturated rings. The van der Waals surface area contributed by atoms with Crippen LogP contribution in [0.5, 0.6) is 0 Å². The molecule has 0 atom stereocenters. The van der Waals surface area contributed by atoms with Crippen molar-refractivity contribution in [1.82, 2.24) is 14.5 Å². The Morgan fingerprint density at radius 1 is 1.19 bits per heavy atom. The van der Waals surface area contributed by atoms with E-state index in [9.17, 15) is 9.59 Å². The number of nitrogens with zero attached hydrogens (tertiary/aromatic N) is 3. The summed E-state index contributed by atoms with van der Waals surface area (Å²) in [5.74, 6) is 0.476. The molecule has 4 rings (SSSR count). The van der Waals surface area contributed by atoms with E-state index in [2.05, 4.69) is 15.3 Å². The van der Waals surface area contributed by atoms with Gasteiger partial charge in [-0.25, -0.2) is 9.97 Å². The topological polar surface area (TPSA) is 76.9 Å². The number of pyridine rings is 1. The number of nitrogens with one attached hydrogen (secondary N) is 1. The Morgan fingerprint density at radius 2 is 2.08 bits per heavy atom. The van der Waals surface area contributed by atoms with Crippen LogP contribution in [-0.2, 0) is 13.0 Å². The van der Waals surface area contributed by atoms with Crippen molar-refractivity contribution in [2.75, 3.05) is 5.32 Å². The van der Waals surface area contributed by atoms with Crippen LogP contribution in [0.15, 0.2) is 41.3 Å². The van der Waals surface area contributed by atoms with Gasteiger partial charge in [0.15, 0.2) is 0 Å². The van der Waals surface area contributed by atoms with Gasteiger partial charge in [0, 0.05) is 24.8 Å². The highest BCUT2D eigenvalue weighted by Crippen LogP contribution is 2.20. The number of carbonyl (C=O) groups is 1. The fraction of sp³-hybridized carbons (Fsp3) is 0.263. The second-order valence-corrected chi connectivity index (χ2v) is 6.68. The lowest BCUT2D eigenvalue weighted by Crippen LogP contribution is -2.24. The molecule has 1 aromatic carbocycles. The average Bonchev–Trinajstić information content (AvgIpc) is 2.88. The van der Waals surface area contributed by atoms with Crippen molar-refractivity contribution in [3.63, 3.8) is 0 Å². The van der Waals surface area contributed by atoms with Crippen LogP contribution >= 0.6 is 11.6 Å². The molecule has 0 spiro atoms. The van der Waals surface area contributed by atoms with Gasteiger partial charge in [0.05, 0.1) is 16.5 Å². The molecule has 1 aliphatic heterocycles. The van der Waals surface area contributed by atoms with E-state index < -0.39 is 0 Å². The Hall–Kier alpha value is -2.73. The number of benzene rings is 1. The van der Waals surface area contributed by atoms with E-state index in [4.69, 9.17) is 11.6 Å². The van der Waals surface area contributed by atoms with Crippen molar-refractivity contribution >= 4 is 34.1 Å². The number of rotatable bonds is 2. The molecular weight excluding hydrogens is 352 g/mol. The Morgan fingerprint density at radius 3 is 2.92 bits per heavy atom. The van der Waals surface area contributed by atoms with Crippen LogP contribution in [0.4, 0.5) is 5.69 Å². The lowest BCUT2D eigenvalue weighted by molar-refractivity contribution is 0.102. The van der Waals surface area contributed by atoms with Gasteiger partial charge in [-0.2, -0.15) is 0 Å². The first-order chi connectivity index (χ1) is 12.6. The number of aromatic nitrogens is 3. The van der Waals surface area contributed by atoms with Crippen molar-refractivity contribution in [1.29, 1.82) is 0 Å². The van der Waals surface area contributed by atoms with Gasteiger partial charge >= 0.3 is 0 Å². The summed E-state index contributed by atoms with van der Waals surface area (Å²) in [5, 5.41) is 3.41. The van der Waals surface area contributed by atoms with Crippen LogP contribution in [0.1, 0.15) is 35.4 Å². The molecule has 132 valence electrons. The predicted molar refractivity (Wildman–Crippen MR) is 101 cm³/mol. The molecule has 0 saturated carbocycles. The van der Waals surface area contributed by atoms with Gasteiger partial charge in [0.1, 0.15) is 11.0 Å². The maximum atomic E-state index is 12.9. The molecule has 0 aliphatic carbocycles. The number of carbonyl (C=O) groups excluding carboxylic acids is 1. The lowest BCUT2D eigenvalue weighted by Gasteiger charge is -2.11. The Bertz CT molecular complexity index is 1060. The molecule has 0 bridgehead atoms. The molecular formula is C19H17ClN4O2. The SMILES string of the molecule is O=C(Nc1ccc2nc3n(c(=O)c2c1)CCCCC3)c1cccnc1Cl. The Labute approximate surface area is 154 Å². The number of amides is 1. The number of hydrogen-bond acceptors (Lipinski definition) is 4. The first-order valence-corrected chi connectivity index (χ1v) is 8.96. The third kappa shape index (κ3) is 3.08. The van der Waals surface area contributed by atoms with Gasteiger partial charge < -0.3 is 5.32 Å². The standard InChI is InChI=1S/C19H17ClN4O2/c20-17-13(5-4-9-21-17)18(25)22-12-7-8-15-14(11-12)19(26)24-10-3-1-2-6-16(24)23-15/h4-5,7-9,11H,1-3,6,10H2,(H,22,25). The van der Waals surface area contributed by atoms with E-state index in [1.807, 2.05) is 0 Å². The number of anilines is 1. The Balaban J connectivity index is 1.72. The van der Waals surface area contributed by atoms with Crippen LogP contribution in [0.3, 0.4) is 0 Å². The molecule has 2 aromatic heterocycles. The first kappa shape index (κ1) is 16.7. The summed E-state index contributed by atoms with van der Waals surface area (Å²) >= 11 is 5.97. The molecule has 1 aliphatic rings. The third-order valence-electron chi connectivity index (χ3n) is 4.58. The van der Waals surface area contributed by atoms with Gasteiger partial charge in [0.25, 0.3) is 11.5 Å². The van der Waals surface area contributed by atoms with Crippen molar-refractivity contribution in [3.05, 3.63) is 63.4 Å². The van der Waals surface area contributed by atoms with Gasteiger partial charge in [-0.3, -0.25) is 14.2 Å². The predicted octanol–water partition coefficient (Wildman–Crippen LogP) is 3.42. The summed E-state index contributed by atoms with van der Waals surface area (Å²) in [7, 11) is 0. The number of fused-ring (bicyclic) bond motifs is 2. The Kier molecular flexibility index (Phi) is 4.42. The minimum absolute atomic E-state index is 0.0533. The number of halogens is 1. The summed E-state index contributed by atoms with van der Waals surface area (Å²) in [6.45, 7) is 0.693. The van der Waals surface area contributed by atoms with Crippen LogP contribution in [0.2, 0.25) is 5.15 Å². The van der Waals surface area contributed by atoms with Gasteiger partial charge in [0.2, 0.25) is 0 Å². The van der Waals surface area contributed by atoms with Crippen LogP contribution in [0.25, 0.3) is 10.9 Å². The highest BCUT2D eigenvalue weighted by atomic mass is 35.5. The largest absolute Gasteiger partial charge is 0.322 e. The number of aryl methyl sites for hydroxylation is 1. The lowest BCUT2D eigenvalue weighted by atomic mass is 10.2. The minimum atomic E-state index is -0.370. The molecule has 3 aromatic rings.